The molecule has 1 aromatic carbocycles. The number of anilines is 2. The largest absolute Gasteiger partial charge is 0.370 e. The molecular formula is C16H19ClN4O3S. The van der Waals surface area contributed by atoms with Crippen LogP contribution in [-0.2, 0) is 14.8 Å². The van der Waals surface area contributed by atoms with Gasteiger partial charge in [-0.25, -0.2) is 18.1 Å². The molecule has 134 valence electrons. The monoisotopic (exact) mass is 382 g/mol. The van der Waals surface area contributed by atoms with Gasteiger partial charge in [-0.05, 0) is 43.8 Å². The van der Waals surface area contributed by atoms with Crippen molar-refractivity contribution in [2.75, 3.05) is 24.2 Å². The Morgan fingerprint density at radius 3 is 2.64 bits per heavy atom. The molecule has 0 atom stereocenters. The minimum Gasteiger partial charge on any atom is -0.370 e. The first-order chi connectivity index (χ1) is 11.8. The number of hydrogen-bond acceptors (Lipinski definition) is 5. The first-order valence-corrected chi connectivity index (χ1v) is 9.38. The van der Waals surface area contributed by atoms with E-state index in [1.165, 1.54) is 19.3 Å². The molecule has 0 unspecified atom stereocenters. The highest BCUT2D eigenvalue weighted by Crippen LogP contribution is 2.22. The lowest BCUT2D eigenvalue weighted by Crippen LogP contribution is -2.19. The van der Waals surface area contributed by atoms with Crippen LogP contribution in [0.3, 0.4) is 0 Å². The Hall–Kier alpha value is -2.16. The molecule has 3 N–H and O–H groups in total. The molecule has 25 heavy (non-hydrogen) atoms. The van der Waals surface area contributed by atoms with Crippen molar-refractivity contribution in [1.82, 2.24) is 9.71 Å². The number of carbonyl (C=O) groups excluding carboxylic acids is 1. The number of carbonyl (C=O) groups is 1. The normalized spacial score (nSPS) is 11.2. The van der Waals surface area contributed by atoms with Crippen LogP contribution >= 0.6 is 11.6 Å². The Bertz CT molecular complexity index is 854. The summed E-state index contributed by atoms with van der Waals surface area (Å²) in [5.41, 5.74) is 1.49. The summed E-state index contributed by atoms with van der Waals surface area (Å²) in [5, 5.41) is 6.37. The maximum Gasteiger partial charge on any atom is 0.241 e. The van der Waals surface area contributed by atoms with Gasteiger partial charge in [-0.3, -0.25) is 4.79 Å². The summed E-state index contributed by atoms with van der Waals surface area (Å²) in [6, 6.07) is 8.31. The van der Waals surface area contributed by atoms with Crippen LogP contribution in [0.15, 0.2) is 41.4 Å². The molecule has 7 nitrogen and oxygen atoms in total. The average molecular weight is 383 g/mol. The van der Waals surface area contributed by atoms with E-state index in [4.69, 9.17) is 11.6 Å². The van der Waals surface area contributed by atoms with Gasteiger partial charge in [0.25, 0.3) is 0 Å². The molecule has 1 amide bonds. The summed E-state index contributed by atoms with van der Waals surface area (Å²) in [4.78, 5) is 16.1. The predicted molar refractivity (Wildman–Crippen MR) is 98.4 cm³/mol. The fourth-order valence-corrected chi connectivity index (χ4v) is 2.87. The van der Waals surface area contributed by atoms with Crippen LogP contribution in [0.1, 0.15) is 12.0 Å². The topological polar surface area (TPSA) is 100 Å². The molecule has 0 aliphatic heterocycles. The van der Waals surface area contributed by atoms with Crippen molar-refractivity contribution in [1.29, 1.82) is 0 Å². The SMILES string of the molecule is CNS(=O)(=O)c1ccc(NCCC(=O)Nc2cccc(Cl)c2C)nc1. The lowest BCUT2D eigenvalue weighted by atomic mass is 10.2. The van der Waals surface area contributed by atoms with E-state index in [2.05, 4.69) is 20.3 Å². The van der Waals surface area contributed by atoms with Gasteiger partial charge in [0, 0.05) is 29.9 Å². The Morgan fingerprint density at radius 2 is 2.00 bits per heavy atom. The summed E-state index contributed by atoms with van der Waals surface area (Å²) in [6.07, 6.45) is 1.48. The molecule has 1 aromatic heterocycles. The summed E-state index contributed by atoms with van der Waals surface area (Å²) >= 11 is 6.02. The fourth-order valence-electron chi connectivity index (χ4n) is 2.02. The second kappa shape index (κ2) is 8.28. The lowest BCUT2D eigenvalue weighted by molar-refractivity contribution is -0.115. The summed E-state index contributed by atoms with van der Waals surface area (Å²) in [6.45, 7) is 2.19. The number of nitrogens with zero attached hydrogens (tertiary/aromatic N) is 1. The van der Waals surface area contributed by atoms with Crippen molar-refractivity contribution in [3.63, 3.8) is 0 Å². The number of halogens is 1. The van der Waals surface area contributed by atoms with Crippen LogP contribution in [0, 0.1) is 6.92 Å². The number of rotatable bonds is 7. The maximum atomic E-state index is 12.0. The van der Waals surface area contributed by atoms with E-state index in [9.17, 15) is 13.2 Å². The fraction of sp³-hybridized carbons (Fsp3) is 0.250. The third-order valence-electron chi connectivity index (χ3n) is 3.52. The van der Waals surface area contributed by atoms with Crippen LogP contribution in [-0.4, -0.2) is 32.9 Å². The highest BCUT2D eigenvalue weighted by atomic mass is 35.5. The van der Waals surface area contributed by atoms with Crippen molar-refractivity contribution in [3.8, 4) is 0 Å². The number of amides is 1. The molecule has 0 bridgehead atoms. The molecule has 0 aliphatic carbocycles. The first-order valence-electron chi connectivity index (χ1n) is 7.52. The first kappa shape index (κ1) is 19.2. The Balaban J connectivity index is 1.86. The molecule has 0 saturated heterocycles. The van der Waals surface area contributed by atoms with Crippen LogP contribution in [0.2, 0.25) is 5.02 Å². The number of sulfonamides is 1. The second-order valence-electron chi connectivity index (χ2n) is 5.22. The molecule has 0 fully saturated rings. The van der Waals surface area contributed by atoms with Gasteiger partial charge in [0.05, 0.1) is 0 Å². The van der Waals surface area contributed by atoms with Gasteiger partial charge >= 0.3 is 0 Å². The van der Waals surface area contributed by atoms with Crippen LogP contribution in [0.4, 0.5) is 11.5 Å². The van der Waals surface area contributed by atoms with Gasteiger partial charge in [-0.2, -0.15) is 0 Å². The highest BCUT2D eigenvalue weighted by Gasteiger charge is 2.11. The molecule has 1 heterocycles. The molecule has 0 spiro atoms. The summed E-state index contributed by atoms with van der Waals surface area (Å²) in [7, 11) is -2.17. The van der Waals surface area contributed by atoms with Crippen molar-refractivity contribution in [2.24, 2.45) is 0 Å². The van der Waals surface area contributed by atoms with Gasteiger partial charge in [-0.15, -0.1) is 0 Å². The standard InChI is InChI=1S/C16H19ClN4O3S/c1-11-13(17)4-3-5-14(11)21-16(22)8-9-19-15-7-6-12(10-20-15)25(23,24)18-2/h3-7,10,18H,8-9H2,1-2H3,(H,19,20)(H,21,22). The molecular weight excluding hydrogens is 364 g/mol. The quantitative estimate of drug-likeness (QED) is 0.682. The van der Waals surface area contributed by atoms with Crippen molar-refractivity contribution in [2.45, 2.75) is 18.2 Å². The Labute approximate surface area is 151 Å². The van der Waals surface area contributed by atoms with Gasteiger partial charge < -0.3 is 10.6 Å². The van der Waals surface area contributed by atoms with E-state index in [-0.39, 0.29) is 17.2 Å². The molecule has 0 radical (unpaired) electrons. The summed E-state index contributed by atoms with van der Waals surface area (Å²) < 4.78 is 25.4. The van der Waals surface area contributed by atoms with E-state index in [0.717, 1.165) is 5.56 Å². The van der Waals surface area contributed by atoms with Crippen molar-refractivity contribution < 1.29 is 13.2 Å². The van der Waals surface area contributed by atoms with E-state index < -0.39 is 10.0 Å². The van der Waals surface area contributed by atoms with Crippen molar-refractivity contribution in [3.05, 3.63) is 47.1 Å². The molecule has 2 aromatic rings. The van der Waals surface area contributed by atoms with Crippen molar-refractivity contribution >= 4 is 39.0 Å². The van der Waals surface area contributed by atoms with Gasteiger partial charge in [0.1, 0.15) is 10.7 Å². The zero-order valence-electron chi connectivity index (χ0n) is 13.8. The van der Waals surface area contributed by atoms with E-state index in [1.54, 1.807) is 24.3 Å². The molecule has 2 rings (SSSR count). The minimum atomic E-state index is -3.51. The highest BCUT2D eigenvalue weighted by molar-refractivity contribution is 7.89. The zero-order valence-corrected chi connectivity index (χ0v) is 15.4. The number of aromatic nitrogens is 1. The summed E-state index contributed by atoms with van der Waals surface area (Å²) in [5.74, 6) is 0.328. The maximum absolute atomic E-state index is 12.0. The number of hydrogen-bond donors (Lipinski definition) is 3. The lowest BCUT2D eigenvalue weighted by Gasteiger charge is -2.10. The van der Waals surface area contributed by atoms with E-state index in [0.29, 0.717) is 23.1 Å². The zero-order chi connectivity index (χ0) is 18.4. The number of benzene rings is 1. The van der Waals surface area contributed by atoms with Crippen LogP contribution in [0.25, 0.3) is 0 Å². The third kappa shape index (κ3) is 5.15. The van der Waals surface area contributed by atoms with E-state index >= 15 is 0 Å². The van der Waals surface area contributed by atoms with Gasteiger partial charge in [0.2, 0.25) is 15.9 Å². The Kier molecular flexibility index (Phi) is 6.35. The van der Waals surface area contributed by atoms with E-state index in [1.807, 2.05) is 6.92 Å². The minimum absolute atomic E-state index is 0.0784. The smallest absolute Gasteiger partial charge is 0.241 e. The van der Waals surface area contributed by atoms with Gasteiger partial charge in [-0.1, -0.05) is 17.7 Å². The van der Waals surface area contributed by atoms with Crippen LogP contribution < -0.4 is 15.4 Å². The van der Waals surface area contributed by atoms with Crippen LogP contribution in [0.5, 0.6) is 0 Å². The third-order valence-corrected chi connectivity index (χ3v) is 5.32. The number of pyridine rings is 1. The molecule has 0 aliphatic rings. The predicted octanol–water partition coefficient (Wildman–Crippen LogP) is 2.39. The molecule has 9 heteroatoms. The Morgan fingerprint density at radius 1 is 1.24 bits per heavy atom. The molecule has 0 saturated carbocycles. The second-order valence-corrected chi connectivity index (χ2v) is 7.52. The number of nitrogens with one attached hydrogen (secondary N) is 3. The average Bonchev–Trinajstić information content (AvgIpc) is 2.59. The van der Waals surface area contributed by atoms with Gasteiger partial charge in [0.15, 0.2) is 0 Å².